The van der Waals surface area contributed by atoms with Crippen LogP contribution >= 0.6 is 0 Å². The molecule has 5 heterocycles. The summed E-state index contributed by atoms with van der Waals surface area (Å²) >= 11 is 0. The number of aromatic nitrogens is 5. The second-order valence-corrected chi connectivity index (χ2v) is 15.8. The maximum absolute atomic E-state index is 5.71. The highest BCUT2D eigenvalue weighted by Gasteiger charge is 2.24. The summed E-state index contributed by atoms with van der Waals surface area (Å²) in [5, 5.41) is 11.0. The first-order chi connectivity index (χ1) is 29.8. The van der Waals surface area contributed by atoms with Crippen molar-refractivity contribution in [2.24, 2.45) is 0 Å². The van der Waals surface area contributed by atoms with Crippen LogP contribution in [-0.4, -0.2) is 23.3 Å². The minimum absolute atomic E-state index is 0.0686. The first kappa shape index (κ1) is 33.1. The Kier molecular flexibility index (Phi) is 7.07. The molecule has 5 nitrogen and oxygen atoms in total. The standard InChI is InChI=1S/C55H37N5/c1-2-6-19-36(18-5-1)57-46-26-10-4-9-24-42(46)52-48(57)34-32-40-38-22-11-14-27-44(38)59(54(40)52)50-30-17-31-51(56-50)60-45-28-15-12-23-39(45)41-33-35-49-53(55(41)60)43-25-13-16-29-47(43)58(49)37-20-7-3-8-21-37/h1-8,10-36H,9H2. The Bertz CT molecular complexity index is 3840. The first-order valence-corrected chi connectivity index (χ1v) is 20.8. The molecule has 282 valence electrons. The van der Waals surface area contributed by atoms with E-state index >= 15 is 0 Å². The number of nitrogens with zero attached hydrogens (tertiary/aromatic N) is 5. The van der Waals surface area contributed by atoms with Crippen molar-refractivity contribution >= 4 is 88.5 Å². The van der Waals surface area contributed by atoms with Crippen LogP contribution in [0.1, 0.15) is 12.5 Å². The molecule has 13 rings (SSSR count). The third kappa shape index (κ3) is 4.60. The third-order valence-corrected chi connectivity index (χ3v) is 12.6. The van der Waals surface area contributed by atoms with Gasteiger partial charge in [0.15, 0.2) is 0 Å². The normalized spacial score (nSPS) is 14.2. The third-order valence-electron chi connectivity index (χ3n) is 12.6. The van der Waals surface area contributed by atoms with Crippen molar-refractivity contribution in [3.8, 4) is 17.3 Å². The van der Waals surface area contributed by atoms with Gasteiger partial charge >= 0.3 is 0 Å². The highest BCUT2D eigenvalue weighted by Crippen LogP contribution is 2.42. The van der Waals surface area contributed by atoms with Crippen LogP contribution in [0.25, 0.3) is 106 Å². The lowest BCUT2D eigenvalue weighted by molar-refractivity contribution is 0.731. The van der Waals surface area contributed by atoms with Crippen LogP contribution in [0.2, 0.25) is 0 Å². The maximum Gasteiger partial charge on any atom is 0.140 e. The van der Waals surface area contributed by atoms with Crippen molar-refractivity contribution in [1.82, 2.24) is 23.3 Å². The lowest BCUT2D eigenvalue weighted by atomic mass is 10.1. The number of fused-ring (bicyclic) bond motifs is 14. The van der Waals surface area contributed by atoms with Crippen LogP contribution in [0, 0.1) is 0 Å². The Morgan fingerprint density at radius 1 is 0.433 bits per heavy atom. The molecular formula is C55H37N5. The summed E-state index contributed by atoms with van der Waals surface area (Å²) in [5.41, 5.74) is 9.30. The van der Waals surface area contributed by atoms with E-state index in [1.54, 1.807) is 0 Å². The molecule has 2 aliphatic rings. The van der Waals surface area contributed by atoms with Crippen LogP contribution in [0.3, 0.4) is 0 Å². The van der Waals surface area contributed by atoms with Crippen LogP contribution < -0.4 is 10.6 Å². The number of para-hydroxylation sites is 4. The summed E-state index contributed by atoms with van der Waals surface area (Å²) < 4.78 is 9.71. The van der Waals surface area contributed by atoms with Crippen LogP contribution in [0.5, 0.6) is 0 Å². The van der Waals surface area contributed by atoms with Crippen molar-refractivity contribution < 1.29 is 0 Å². The Labute approximate surface area is 345 Å². The molecule has 11 aromatic rings. The molecule has 0 spiro atoms. The lowest BCUT2D eigenvalue weighted by Crippen LogP contribution is -2.30. The molecule has 0 atom stereocenters. The van der Waals surface area contributed by atoms with Crippen molar-refractivity contribution in [3.05, 3.63) is 205 Å². The second-order valence-electron chi connectivity index (χ2n) is 15.8. The summed E-state index contributed by atoms with van der Waals surface area (Å²) in [6.45, 7) is 0. The number of pyridine rings is 1. The van der Waals surface area contributed by atoms with Gasteiger partial charge in [-0.1, -0.05) is 146 Å². The fourth-order valence-corrected chi connectivity index (χ4v) is 10.2. The molecule has 0 fully saturated rings. The maximum atomic E-state index is 5.71. The molecule has 60 heavy (non-hydrogen) atoms. The van der Waals surface area contributed by atoms with Gasteiger partial charge in [0.25, 0.3) is 0 Å². The van der Waals surface area contributed by atoms with Gasteiger partial charge in [0.2, 0.25) is 0 Å². The summed E-state index contributed by atoms with van der Waals surface area (Å²) in [7, 11) is 0. The second kappa shape index (κ2) is 12.8. The van der Waals surface area contributed by atoms with Gasteiger partial charge in [-0.2, -0.15) is 0 Å². The molecule has 5 aromatic heterocycles. The molecule has 2 aliphatic carbocycles. The van der Waals surface area contributed by atoms with E-state index < -0.39 is 0 Å². The molecule has 0 amide bonds. The molecule has 5 heteroatoms. The largest absolute Gasteiger partial charge is 0.330 e. The van der Waals surface area contributed by atoms with Crippen molar-refractivity contribution in [2.45, 2.75) is 12.5 Å². The van der Waals surface area contributed by atoms with Crippen LogP contribution in [-0.2, 0) is 0 Å². The van der Waals surface area contributed by atoms with E-state index in [0.29, 0.717) is 0 Å². The summed E-state index contributed by atoms with van der Waals surface area (Å²) in [6, 6.07) is 52.9. The first-order valence-electron chi connectivity index (χ1n) is 20.8. The van der Waals surface area contributed by atoms with Crippen LogP contribution in [0.4, 0.5) is 0 Å². The van der Waals surface area contributed by atoms with Gasteiger partial charge in [0.05, 0.1) is 44.7 Å². The Balaban J connectivity index is 1.14. The minimum Gasteiger partial charge on any atom is -0.330 e. The quantitative estimate of drug-likeness (QED) is 0.176. The van der Waals surface area contributed by atoms with Crippen molar-refractivity contribution in [1.29, 1.82) is 0 Å². The number of hydrogen-bond donors (Lipinski definition) is 0. The average Bonchev–Trinajstić information content (AvgIpc) is 3.87. The predicted molar refractivity (Wildman–Crippen MR) is 251 cm³/mol. The van der Waals surface area contributed by atoms with E-state index in [9.17, 15) is 0 Å². The van der Waals surface area contributed by atoms with Crippen molar-refractivity contribution in [3.63, 3.8) is 0 Å². The van der Waals surface area contributed by atoms with Gasteiger partial charge in [-0.25, -0.2) is 4.98 Å². The van der Waals surface area contributed by atoms with E-state index in [2.05, 4.69) is 225 Å². The zero-order chi connectivity index (χ0) is 39.3. The van der Waals surface area contributed by atoms with E-state index in [1.165, 1.54) is 70.3 Å². The lowest BCUT2D eigenvalue weighted by Gasteiger charge is -2.14. The number of hydrogen-bond acceptors (Lipinski definition) is 1. The zero-order valence-electron chi connectivity index (χ0n) is 32.7. The number of allylic oxidation sites excluding steroid dienone is 8. The van der Waals surface area contributed by atoms with E-state index in [0.717, 1.165) is 40.3 Å². The SMILES string of the molecule is C1=CC=CC(n2c3c(c4c2ccc2c5ccccc5n(-c5cccc(-n6c7ccccc7c7ccc8c(c9ccccc9n8-c8ccccc8)c76)n5)c24)=CCC=CC=3)C=C1. The van der Waals surface area contributed by atoms with Crippen molar-refractivity contribution in [2.75, 3.05) is 0 Å². The molecule has 6 aromatic carbocycles. The fourth-order valence-electron chi connectivity index (χ4n) is 10.2. The van der Waals surface area contributed by atoms with Gasteiger partial charge in [-0.3, -0.25) is 9.13 Å². The Morgan fingerprint density at radius 2 is 1.02 bits per heavy atom. The Morgan fingerprint density at radius 3 is 1.70 bits per heavy atom. The van der Waals surface area contributed by atoms with Gasteiger partial charge < -0.3 is 9.13 Å². The fraction of sp³-hybridized carbons (Fsp3) is 0.0364. The molecule has 0 saturated carbocycles. The molecule has 0 aliphatic heterocycles. The zero-order valence-corrected chi connectivity index (χ0v) is 32.7. The van der Waals surface area contributed by atoms with Gasteiger partial charge in [-0.15, -0.1) is 0 Å². The van der Waals surface area contributed by atoms with Crippen LogP contribution in [0.15, 0.2) is 194 Å². The predicted octanol–water partition coefficient (Wildman–Crippen LogP) is 12.1. The minimum atomic E-state index is 0.0686. The van der Waals surface area contributed by atoms with E-state index in [-0.39, 0.29) is 6.04 Å². The summed E-state index contributed by atoms with van der Waals surface area (Å²) in [6.07, 6.45) is 23.1. The number of rotatable bonds is 4. The van der Waals surface area contributed by atoms with E-state index in [1.807, 2.05) is 0 Å². The van der Waals surface area contributed by atoms with E-state index in [4.69, 9.17) is 4.98 Å². The molecular weight excluding hydrogens is 731 g/mol. The van der Waals surface area contributed by atoms with Gasteiger partial charge in [0, 0.05) is 54.0 Å². The topological polar surface area (TPSA) is 32.6 Å². The molecule has 0 unspecified atom stereocenters. The highest BCUT2D eigenvalue weighted by molar-refractivity contribution is 6.26. The molecule has 0 saturated heterocycles. The smallest absolute Gasteiger partial charge is 0.140 e. The molecule has 0 bridgehead atoms. The molecule has 0 radical (unpaired) electrons. The van der Waals surface area contributed by atoms with Gasteiger partial charge in [0.1, 0.15) is 11.6 Å². The van der Waals surface area contributed by atoms with Gasteiger partial charge in [-0.05, 0) is 67.1 Å². The monoisotopic (exact) mass is 767 g/mol. The summed E-state index contributed by atoms with van der Waals surface area (Å²) in [5.74, 6) is 1.76. The average molecular weight is 768 g/mol. The molecule has 0 N–H and O–H groups in total. The number of benzene rings is 6. The summed E-state index contributed by atoms with van der Waals surface area (Å²) in [4.78, 5) is 5.71. The highest BCUT2D eigenvalue weighted by atomic mass is 15.1. The Hall–Kier alpha value is -7.89.